The molecule has 0 aromatic heterocycles. The van der Waals surface area contributed by atoms with E-state index >= 15 is 0 Å². The molecule has 0 unspecified atom stereocenters. The molecule has 0 aliphatic carbocycles. The summed E-state index contributed by atoms with van der Waals surface area (Å²) in [7, 11) is 1.61. The number of hydrogen-bond acceptors (Lipinski definition) is 4. The number of benzene rings is 2. The Balaban J connectivity index is 2.02. The monoisotopic (exact) mass is 357 g/mol. The van der Waals surface area contributed by atoms with Crippen molar-refractivity contribution in [3.8, 4) is 11.5 Å². The lowest BCUT2D eigenvalue weighted by Gasteiger charge is -2.24. The maximum absolute atomic E-state index is 12.7. The summed E-state index contributed by atoms with van der Waals surface area (Å²) in [6.07, 6.45) is 0.530. The number of methoxy groups -OCH3 is 1. The van der Waals surface area contributed by atoms with Crippen LogP contribution in [-0.4, -0.2) is 30.7 Å². The number of amides is 1. The first-order valence-corrected chi connectivity index (χ1v) is 8.20. The van der Waals surface area contributed by atoms with Crippen molar-refractivity contribution in [1.29, 1.82) is 0 Å². The van der Waals surface area contributed by atoms with Crippen LogP contribution in [0, 0.1) is 5.41 Å². The summed E-state index contributed by atoms with van der Waals surface area (Å²) in [5.41, 5.74) is 0.936. The van der Waals surface area contributed by atoms with Gasteiger partial charge in [-0.1, -0.05) is 32.0 Å². The topological polar surface area (TPSA) is 84.9 Å². The van der Waals surface area contributed by atoms with Gasteiger partial charge in [-0.15, -0.1) is 0 Å². The summed E-state index contributed by atoms with van der Waals surface area (Å²) in [6, 6.07) is 14.2. The van der Waals surface area contributed by atoms with E-state index in [4.69, 9.17) is 14.6 Å². The predicted octanol–water partition coefficient (Wildman–Crippen LogP) is 3.37. The Labute approximate surface area is 152 Å². The Kier molecular flexibility index (Phi) is 6.22. The SMILES string of the molecule is COc1ccccc1CC(C)(C)C(=O)Nc1ccc(OCC(=O)O)cc1. The minimum atomic E-state index is -1.04. The molecule has 0 bridgehead atoms. The summed E-state index contributed by atoms with van der Waals surface area (Å²) >= 11 is 0. The lowest BCUT2D eigenvalue weighted by molar-refractivity contribution is -0.139. The summed E-state index contributed by atoms with van der Waals surface area (Å²) in [4.78, 5) is 23.2. The molecule has 0 heterocycles. The first-order valence-electron chi connectivity index (χ1n) is 8.20. The van der Waals surface area contributed by atoms with Crippen LogP contribution in [-0.2, 0) is 16.0 Å². The van der Waals surface area contributed by atoms with Crippen molar-refractivity contribution < 1.29 is 24.2 Å². The molecule has 6 nitrogen and oxygen atoms in total. The number of carbonyl (C=O) groups is 2. The van der Waals surface area contributed by atoms with Gasteiger partial charge in [0.2, 0.25) is 5.91 Å². The molecule has 0 fully saturated rings. The minimum Gasteiger partial charge on any atom is -0.496 e. The van der Waals surface area contributed by atoms with Crippen molar-refractivity contribution in [3.63, 3.8) is 0 Å². The summed E-state index contributed by atoms with van der Waals surface area (Å²) < 4.78 is 10.4. The molecule has 2 rings (SSSR count). The van der Waals surface area contributed by atoms with Crippen LogP contribution in [0.1, 0.15) is 19.4 Å². The zero-order valence-corrected chi connectivity index (χ0v) is 15.1. The molecule has 0 saturated heterocycles. The van der Waals surface area contributed by atoms with Crippen LogP contribution in [0.3, 0.4) is 0 Å². The van der Waals surface area contributed by atoms with Crippen LogP contribution in [0.5, 0.6) is 11.5 Å². The Morgan fingerprint density at radius 2 is 1.73 bits per heavy atom. The van der Waals surface area contributed by atoms with E-state index in [1.54, 1.807) is 31.4 Å². The molecule has 0 atom stereocenters. The van der Waals surface area contributed by atoms with E-state index in [2.05, 4.69) is 5.32 Å². The molecule has 0 saturated carbocycles. The largest absolute Gasteiger partial charge is 0.496 e. The van der Waals surface area contributed by atoms with Crippen molar-refractivity contribution in [2.24, 2.45) is 5.41 Å². The number of carboxylic acid groups (broad SMARTS) is 1. The van der Waals surface area contributed by atoms with Gasteiger partial charge in [-0.05, 0) is 42.3 Å². The number of para-hydroxylation sites is 1. The second kappa shape index (κ2) is 8.38. The molecular formula is C20H23NO5. The standard InChI is InChI=1S/C20H23NO5/c1-20(2,12-14-6-4-5-7-17(14)25-3)19(24)21-15-8-10-16(11-9-15)26-13-18(22)23/h4-11H,12-13H2,1-3H3,(H,21,24)(H,22,23). The fourth-order valence-electron chi connectivity index (χ4n) is 2.49. The number of nitrogens with one attached hydrogen (secondary N) is 1. The van der Waals surface area contributed by atoms with Crippen molar-refractivity contribution in [2.45, 2.75) is 20.3 Å². The highest BCUT2D eigenvalue weighted by molar-refractivity contribution is 5.95. The van der Waals surface area contributed by atoms with Gasteiger partial charge in [0.1, 0.15) is 11.5 Å². The van der Waals surface area contributed by atoms with E-state index in [-0.39, 0.29) is 5.91 Å². The van der Waals surface area contributed by atoms with E-state index in [0.717, 1.165) is 11.3 Å². The fraction of sp³-hybridized carbons (Fsp3) is 0.300. The molecule has 0 radical (unpaired) electrons. The quantitative estimate of drug-likeness (QED) is 0.757. The normalized spacial score (nSPS) is 10.9. The molecule has 2 N–H and O–H groups in total. The second-order valence-electron chi connectivity index (χ2n) is 6.53. The number of rotatable bonds is 8. The number of ether oxygens (including phenoxy) is 2. The average Bonchev–Trinajstić information content (AvgIpc) is 2.61. The lowest BCUT2D eigenvalue weighted by Crippen LogP contribution is -2.32. The fourth-order valence-corrected chi connectivity index (χ4v) is 2.49. The van der Waals surface area contributed by atoms with E-state index in [1.807, 2.05) is 38.1 Å². The van der Waals surface area contributed by atoms with Crippen LogP contribution < -0.4 is 14.8 Å². The molecule has 2 aromatic carbocycles. The molecule has 6 heteroatoms. The maximum Gasteiger partial charge on any atom is 0.341 e. The first kappa shape index (κ1) is 19.3. The van der Waals surface area contributed by atoms with Crippen molar-refractivity contribution in [3.05, 3.63) is 54.1 Å². The van der Waals surface area contributed by atoms with E-state index < -0.39 is 18.0 Å². The van der Waals surface area contributed by atoms with E-state index in [1.165, 1.54) is 0 Å². The van der Waals surface area contributed by atoms with Crippen molar-refractivity contribution in [1.82, 2.24) is 0 Å². The molecule has 0 aliphatic heterocycles. The predicted molar refractivity (Wildman–Crippen MR) is 98.7 cm³/mol. The van der Waals surface area contributed by atoms with Crippen molar-refractivity contribution >= 4 is 17.6 Å². The third kappa shape index (κ3) is 5.24. The highest BCUT2D eigenvalue weighted by Gasteiger charge is 2.29. The first-order chi connectivity index (χ1) is 12.3. The number of hydrogen-bond donors (Lipinski definition) is 2. The Bertz CT molecular complexity index is 768. The average molecular weight is 357 g/mol. The van der Waals surface area contributed by atoms with Crippen LogP contribution in [0.25, 0.3) is 0 Å². The van der Waals surface area contributed by atoms with Gasteiger partial charge < -0.3 is 19.9 Å². The number of anilines is 1. The molecule has 138 valence electrons. The molecular weight excluding hydrogens is 334 g/mol. The zero-order chi connectivity index (χ0) is 19.2. The molecule has 2 aromatic rings. The Morgan fingerprint density at radius 1 is 1.08 bits per heavy atom. The van der Waals surface area contributed by atoms with E-state index in [0.29, 0.717) is 17.9 Å². The van der Waals surface area contributed by atoms with Gasteiger partial charge in [-0.2, -0.15) is 0 Å². The number of carboxylic acids is 1. The molecule has 0 spiro atoms. The number of aliphatic carboxylic acids is 1. The van der Waals surface area contributed by atoms with Crippen molar-refractivity contribution in [2.75, 3.05) is 19.0 Å². The second-order valence-corrected chi connectivity index (χ2v) is 6.53. The molecule has 26 heavy (non-hydrogen) atoms. The van der Waals surface area contributed by atoms with Gasteiger partial charge in [0.05, 0.1) is 7.11 Å². The van der Waals surface area contributed by atoms with Crippen LogP contribution in [0.2, 0.25) is 0 Å². The van der Waals surface area contributed by atoms with Gasteiger partial charge >= 0.3 is 5.97 Å². The van der Waals surface area contributed by atoms with Gasteiger partial charge in [0, 0.05) is 11.1 Å². The minimum absolute atomic E-state index is 0.123. The van der Waals surface area contributed by atoms with Crippen LogP contribution >= 0.6 is 0 Å². The van der Waals surface area contributed by atoms with Crippen LogP contribution in [0.4, 0.5) is 5.69 Å². The molecule has 0 aliphatic rings. The lowest BCUT2D eigenvalue weighted by atomic mass is 9.84. The zero-order valence-electron chi connectivity index (χ0n) is 15.1. The third-order valence-corrected chi connectivity index (χ3v) is 3.91. The third-order valence-electron chi connectivity index (χ3n) is 3.91. The van der Waals surface area contributed by atoms with Gasteiger partial charge in [-0.25, -0.2) is 4.79 Å². The highest BCUT2D eigenvalue weighted by Crippen LogP contribution is 2.29. The highest BCUT2D eigenvalue weighted by atomic mass is 16.5. The van der Waals surface area contributed by atoms with Gasteiger partial charge in [0.15, 0.2) is 6.61 Å². The van der Waals surface area contributed by atoms with E-state index in [9.17, 15) is 9.59 Å². The Morgan fingerprint density at radius 3 is 2.35 bits per heavy atom. The van der Waals surface area contributed by atoms with Gasteiger partial charge in [-0.3, -0.25) is 4.79 Å². The Hall–Kier alpha value is -3.02. The molecule has 1 amide bonds. The smallest absolute Gasteiger partial charge is 0.341 e. The van der Waals surface area contributed by atoms with Crippen LogP contribution in [0.15, 0.2) is 48.5 Å². The maximum atomic E-state index is 12.7. The van der Waals surface area contributed by atoms with Gasteiger partial charge in [0.25, 0.3) is 0 Å². The summed E-state index contributed by atoms with van der Waals surface area (Å²) in [6.45, 7) is 3.34. The summed E-state index contributed by atoms with van der Waals surface area (Å²) in [5.74, 6) is 0.0232. The summed E-state index contributed by atoms with van der Waals surface area (Å²) in [5, 5.41) is 11.5. The number of carbonyl (C=O) groups excluding carboxylic acids is 1.